The smallest absolute Gasteiger partial charge is 0.0472 e. The quantitative estimate of drug-likeness (QED) is 0.648. The molecule has 0 fully saturated rings. The number of rotatable bonds is 3. The van der Waals surface area contributed by atoms with Crippen LogP contribution in [-0.2, 0) is 0 Å². The molecule has 2 heteroatoms. The lowest BCUT2D eigenvalue weighted by Crippen LogP contribution is -2.41. The van der Waals surface area contributed by atoms with Crippen molar-refractivity contribution in [2.24, 2.45) is 16.1 Å². The van der Waals surface area contributed by atoms with E-state index in [1.54, 1.807) is 0 Å². The van der Waals surface area contributed by atoms with Crippen molar-refractivity contribution in [1.82, 2.24) is 0 Å². The Bertz CT molecular complexity index is 154. The highest BCUT2D eigenvalue weighted by molar-refractivity contribution is 5.87. The highest BCUT2D eigenvalue weighted by Crippen LogP contribution is 2.18. The molecule has 0 aliphatic rings. The van der Waals surface area contributed by atoms with E-state index in [2.05, 4.69) is 32.7 Å². The maximum absolute atomic E-state index is 6.00. The molecule has 0 spiro atoms. The summed E-state index contributed by atoms with van der Waals surface area (Å²) >= 11 is 0. The molecule has 0 saturated heterocycles. The zero-order valence-electron chi connectivity index (χ0n) is 9.02. The number of hydrogen-bond acceptors (Lipinski definition) is 2. The van der Waals surface area contributed by atoms with Crippen LogP contribution in [0.3, 0.4) is 0 Å². The van der Waals surface area contributed by atoms with Crippen LogP contribution in [0.1, 0.15) is 41.0 Å². The molecule has 0 aromatic rings. The average molecular weight is 170 g/mol. The van der Waals surface area contributed by atoms with Gasteiger partial charge in [0.05, 0.1) is 0 Å². The Hall–Kier alpha value is -0.370. The summed E-state index contributed by atoms with van der Waals surface area (Å²) in [7, 11) is 0. The third-order valence-corrected chi connectivity index (χ3v) is 1.97. The van der Waals surface area contributed by atoms with Crippen molar-refractivity contribution >= 4 is 5.71 Å². The van der Waals surface area contributed by atoms with Crippen LogP contribution in [0.5, 0.6) is 0 Å². The Morgan fingerprint density at radius 1 is 1.42 bits per heavy atom. The largest absolute Gasteiger partial charge is 0.323 e. The Morgan fingerprint density at radius 3 is 2.25 bits per heavy atom. The zero-order chi connectivity index (χ0) is 9.78. The van der Waals surface area contributed by atoms with Gasteiger partial charge >= 0.3 is 0 Å². The number of hydrogen-bond donors (Lipinski definition) is 1. The lowest BCUT2D eigenvalue weighted by atomic mass is 9.85. The predicted octanol–water partition coefficient (Wildman–Crippen LogP) is 2.23. The summed E-state index contributed by atoms with van der Waals surface area (Å²) in [5, 5.41) is 0. The standard InChI is InChI=1S/C10H22N2/c1-6-7-12-8(2)9(11)10(3,4)5/h9H,6-7,11H2,1-5H3. The van der Waals surface area contributed by atoms with Crippen LogP contribution in [-0.4, -0.2) is 18.3 Å². The van der Waals surface area contributed by atoms with Gasteiger partial charge in [0, 0.05) is 18.3 Å². The summed E-state index contributed by atoms with van der Waals surface area (Å²) in [6, 6.07) is 0.0871. The van der Waals surface area contributed by atoms with E-state index in [4.69, 9.17) is 5.73 Å². The van der Waals surface area contributed by atoms with Crippen LogP contribution in [0, 0.1) is 5.41 Å². The first-order valence-corrected chi connectivity index (χ1v) is 4.66. The van der Waals surface area contributed by atoms with Crippen molar-refractivity contribution in [2.75, 3.05) is 6.54 Å². The molecule has 12 heavy (non-hydrogen) atoms. The van der Waals surface area contributed by atoms with Gasteiger partial charge in [-0.25, -0.2) is 0 Å². The zero-order valence-corrected chi connectivity index (χ0v) is 9.02. The van der Waals surface area contributed by atoms with E-state index in [0.29, 0.717) is 0 Å². The molecule has 1 unspecified atom stereocenters. The first-order valence-electron chi connectivity index (χ1n) is 4.66. The highest BCUT2D eigenvalue weighted by Gasteiger charge is 2.22. The van der Waals surface area contributed by atoms with Gasteiger partial charge in [0.2, 0.25) is 0 Å². The van der Waals surface area contributed by atoms with E-state index in [0.717, 1.165) is 18.7 Å². The molecule has 1 atom stereocenters. The van der Waals surface area contributed by atoms with Crippen LogP contribution in [0.25, 0.3) is 0 Å². The minimum atomic E-state index is 0.0871. The first-order chi connectivity index (χ1) is 5.39. The van der Waals surface area contributed by atoms with Crippen LogP contribution in [0.15, 0.2) is 4.99 Å². The van der Waals surface area contributed by atoms with Gasteiger partial charge in [-0.3, -0.25) is 4.99 Å². The van der Waals surface area contributed by atoms with Crippen LogP contribution >= 0.6 is 0 Å². The molecule has 0 rings (SSSR count). The van der Waals surface area contributed by atoms with Gasteiger partial charge in [0.25, 0.3) is 0 Å². The fourth-order valence-electron chi connectivity index (χ4n) is 1.01. The van der Waals surface area contributed by atoms with Crippen molar-refractivity contribution in [3.8, 4) is 0 Å². The second kappa shape index (κ2) is 4.61. The molecule has 0 aromatic carbocycles. The van der Waals surface area contributed by atoms with Gasteiger partial charge in [-0.15, -0.1) is 0 Å². The fraction of sp³-hybridized carbons (Fsp3) is 0.900. The Morgan fingerprint density at radius 2 is 1.92 bits per heavy atom. The molecular weight excluding hydrogens is 148 g/mol. The average Bonchev–Trinajstić information content (AvgIpc) is 1.97. The molecule has 0 heterocycles. The summed E-state index contributed by atoms with van der Waals surface area (Å²) in [5.74, 6) is 0. The molecule has 0 aliphatic carbocycles. The van der Waals surface area contributed by atoms with Crippen molar-refractivity contribution in [3.63, 3.8) is 0 Å². The number of nitrogens with zero attached hydrogens (tertiary/aromatic N) is 1. The summed E-state index contributed by atoms with van der Waals surface area (Å²) in [4.78, 5) is 4.40. The molecule has 72 valence electrons. The van der Waals surface area contributed by atoms with Gasteiger partial charge in [-0.2, -0.15) is 0 Å². The van der Waals surface area contributed by atoms with E-state index < -0.39 is 0 Å². The highest BCUT2D eigenvalue weighted by atomic mass is 14.8. The van der Waals surface area contributed by atoms with Gasteiger partial charge in [-0.1, -0.05) is 27.7 Å². The van der Waals surface area contributed by atoms with E-state index in [9.17, 15) is 0 Å². The van der Waals surface area contributed by atoms with Crippen molar-refractivity contribution in [1.29, 1.82) is 0 Å². The second-order valence-corrected chi connectivity index (χ2v) is 4.37. The molecule has 2 N–H and O–H groups in total. The molecule has 0 radical (unpaired) electrons. The van der Waals surface area contributed by atoms with Crippen molar-refractivity contribution in [2.45, 2.75) is 47.1 Å². The Kier molecular flexibility index (Phi) is 4.46. The lowest BCUT2D eigenvalue weighted by Gasteiger charge is -2.26. The normalized spacial score (nSPS) is 16.3. The summed E-state index contributed by atoms with van der Waals surface area (Å²) < 4.78 is 0. The number of aliphatic imine (C=N–C) groups is 1. The van der Waals surface area contributed by atoms with E-state index in [1.165, 1.54) is 0 Å². The molecule has 0 amide bonds. The maximum Gasteiger partial charge on any atom is 0.0472 e. The summed E-state index contributed by atoms with van der Waals surface area (Å²) in [5.41, 5.74) is 7.20. The second-order valence-electron chi connectivity index (χ2n) is 4.37. The topological polar surface area (TPSA) is 38.4 Å². The molecule has 0 aromatic heterocycles. The van der Waals surface area contributed by atoms with Gasteiger partial charge in [0.1, 0.15) is 0 Å². The van der Waals surface area contributed by atoms with Gasteiger partial charge in [0.15, 0.2) is 0 Å². The van der Waals surface area contributed by atoms with E-state index in [-0.39, 0.29) is 11.5 Å². The predicted molar refractivity (Wildman–Crippen MR) is 55.7 cm³/mol. The third kappa shape index (κ3) is 3.86. The third-order valence-electron chi connectivity index (χ3n) is 1.97. The van der Waals surface area contributed by atoms with E-state index >= 15 is 0 Å². The lowest BCUT2D eigenvalue weighted by molar-refractivity contribution is 0.380. The van der Waals surface area contributed by atoms with Crippen LogP contribution in [0.4, 0.5) is 0 Å². The minimum absolute atomic E-state index is 0.0871. The van der Waals surface area contributed by atoms with Crippen molar-refractivity contribution in [3.05, 3.63) is 0 Å². The van der Waals surface area contributed by atoms with Gasteiger partial charge in [-0.05, 0) is 18.8 Å². The summed E-state index contributed by atoms with van der Waals surface area (Å²) in [6.07, 6.45) is 1.09. The monoisotopic (exact) mass is 170 g/mol. The van der Waals surface area contributed by atoms with Crippen LogP contribution < -0.4 is 5.73 Å². The molecule has 0 aliphatic heterocycles. The summed E-state index contributed by atoms with van der Waals surface area (Å²) in [6.45, 7) is 11.5. The Balaban J connectivity index is 4.18. The SMILES string of the molecule is CCCN=C(C)C(N)C(C)(C)C. The molecule has 0 bridgehead atoms. The first kappa shape index (κ1) is 11.6. The fourth-order valence-corrected chi connectivity index (χ4v) is 1.01. The van der Waals surface area contributed by atoms with E-state index in [1.807, 2.05) is 6.92 Å². The molecule has 2 nitrogen and oxygen atoms in total. The Labute approximate surface area is 76.3 Å². The van der Waals surface area contributed by atoms with Gasteiger partial charge < -0.3 is 5.73 Å². The molecule has 0 saturated carbocycles. The van der Waals surface area contributed by atoms with Crippen molar-refractivity contribution < 1.29 is 0 Å². The maximum atomic E-state index is 6.00. The molecular formula is C10H22N2. The number of nitrogens with two attached hydrogens (primary N) is 1. The van der Waals surface area contributed by atoms with Crippen LogP contribution in [0.2, 0.25) is 0 Å². The minimum Gasteiger partial charge on any atom is -0.323 e.